The minimum absolute atomic E-state index is 0.149. The number of piperidine rings is 1. The van der Waals surface area contributed by atoms with E-state index in [2.05, 4.69) is 22.0 Å². The number of hydrogen-bond donors (Lipinski definition) is 1. The van der Waals surface area contributed by atoms with Crippen LogP contribution in [0.15, 0.2) is 59.6 Å². The second kappa shape index (κ2) is 12.6. The Hall–Kier alpha value is -2.35. The average Bonchev–Trinajstić information content (AvgIpc) is 2.91. The zero-order chi connectivity index (χ0) is 24.6. The third-order valence-electron chi connectivity index (χ3n) is 7.04. The van der Waals surface area contributed by atoms with Gasteiger partial charge in [-0.25, -0.2) is 4.39 Å². The molecule has 1 saturated heterocycles. The molecule has 2 aromatic carbocycles. The van der Waals surface area contributed by atoms with Gasteiger partial charge < -0.3 is 19.5 Å². The molecule has 3 aromatic rings. The second-order valence-corrected chi connectivity index (χ2v) is 10.3. The van der Waals surface area contributed by atoms with Crippen LogP contribution in [-0.4, -0.2) is 61.2 Å². The molecule has 3 atom stereocenters. The Morgan fingerprint density at radius 3 is 2.74 bits per heavy atom. The summed E-state index contributed by atoms with van der Waals surface area (Å²) >= 11 is 1.82. The largest absolute Gasteiger partial charge is 0.497 e. The number of fused-ring (bicyclic) bond motifs is 1. The zero-order valence-corrected chi connectivity index (χ0v) is 21.3. The molecule has 0 unspecified atom stereocenters. The van der Waals surface area contributed by atoms with E-state index in [1.54, 1.807) is 26.5 Å². The van der Waals surface area contributed by atoms with E-state index >= 15 is 4.39 Å². The number of aliphatic hydroxyl groups is 1. The maximum absolute atomic E-state index is 15.4. The lowest BCUT2D eigenvalue weighted by Gasteiger charge is -2.38. The average molecular weight is 499 g/mol. The van der Waals surface area contributed by atoms with Gasteiger partial charge in [0.15, 0.2) is 0 Å². The summed E-state index contributed by atoms with van der Waals surface area (Å²) in [4.78, 5) is 8.00. The van der Waals surface area contributed by atoms with Crippen molar-refractivity contribution in [3.05, 3.63) is 60.3 Å². The maximum atomic E-state index is 15.4. The van der Waals surface area contributed by atoms with Gasteiger partial charge in [-0.05, 0) is 85.7 Å². The van der Waals surface area contributed by atoms with Crippen molar-refractivity contribution >= 4 is 22.7 Å². The molecule has 1 N–H and O–H groups in total. The highest BCUT2D eigenvalue weighted by molar-refractivity contribution is 7.99. The van der Waals surface area contributed by atoms with Gasteiger partial charge in [-0.1, -0.05) is 6.07 Å². The van der Waals surface area contributed by atoms with Crippen LogP contribution in [0.5, 0.6) is 11.5 Å². The summed E-state index contributed by atoms with van der Waals surface area (Å²) in [7, 11) is 3.30. The molecule has 1 aliphatic rings. The van der Waals surface area contributed by atoms with Crippen LogP contribution in [0.1, 0.15) is 31.0 Å². The minimum atomic E-state index is -1.07. The zero-order valence-electron chi connectivity index (χ0n) is 20.5. The predicted molar refractivity (Wildman–Crippen MR) is 140 cm³/mol. The van der Waals surface area contributed by atoms with Crippen LogP contribution in [-0.2, 0) is 0 Å². The standard InChI is InChI=1S/C28H35FN2O3S/c1-33-22-4-3-5-24(16-22)35-15-14-31-13-11-20(21(18-31)19-32)6-8-27(29)25-10-12-30-28-9-7-23(34-2)17-26(25)28/h3-5,7,9-10,12,16-17,20-21,27,32H,6,8,11,13-15,18-19H2,1-2H3/t20-,21-,27+/m1/s1. The second-order valence-electron chi connectivity index (χ2n) is 9.15. The molecule has 1 aliphatic heterocycles. The third kappa shape index (κ3) is 6.66. The molecule has 0 spiro atoms. The number of aromatic nitrogens is 1. The first-order chi connectivity index (χ1) is 17.1. The summed E-state index contributed by atoms with van der Waals surface area (Å²) in [6, 6.07) is 15.5. The van der Waals surface area contributed by atoms with Crippen LogP contribution in [0.4, 0.5) is 4.39 Å². The Balaban J connectivity index is 1.28. The van der Waals surface area contributed by atoms with Crippen molar-refractivity contribution in [2.75, 3.05) is 46.2 Å². The van der Waals surface area contributed by atoms with Crippen LogP contribution in [0.2, 0.25) is 0 Å². The van der Waals surface area contributed by atoms with Crippen LogP contribution < -0.4 is 9.47 Å². The number of alkyl halides is 1. The highest BCUT2D eigenvalue weighted by Gasteiger charge is 2.29. The summed E-state index contributed by atoms with van der Waals surface area (Å²) in [5.74, 6) is 3.09. The number of thioether (sulfide) groups is 1. The molecule has 1 aromatic heterocycles. The smallest absolute Gasteiger partial charge is 0.126 e. The Morgan fingerprint density at radius 1 is 1.11 bits per heavy atom. The summed E-state index contributed by atoms with van der Waals surface area (Å²) in [6.45, 7) is 2.98. The van der Waals surface area contributed by atoms with Crippen molar-refractivity contribution in [2.45, 2.75) is 30.3 Å². The van der Waals surface area contributed by atoms with E-state index in [4.69, 9.17) is 9.47 Å². The summed E-state index contributed by atoms with van der Waals surface area (Å²) in [6.07, 6.45) is 2.82. The molecule has 2 heterocycles. The van der Waals surface area contributed by atoms with E-state index in [0.717, 1.165) is 54.9 Å². The lowest BCUT2D eigenvalue weighted by Crippen LogP contribution is -2.43. The summed E-state index contributed by atoms with van der Waals surface area (Å²) < 4.78 is 26.0. The first kappa shape index (κ1) is 25.7. The van der Waals surface area contributed by atoms with Crippen molar-refractivity contribution in [3.8, 4) is 11.5 Å². The van der Waals surface area contributed by atoms with Gasteiger partial charge in [0.25, 0.3) is 0 Å². The van der Waals surface area contributed by atoms with Crippen molar-refractivity contribution < 1.29 is 19.0 Å². The van der Waals surface area contributed by atoms with Crippen LogP contribution in [0, 0.1) is 11.8 Å². The lowest BCUT2D eigenvalue weighted by molar-refractivity contribution is 0.0672. The third-order valence-corrected chi connectivity index (χ3v) is 8.01. The molecular formula is C28H35FN2O3S. The van der Waals surface area contributed by atoms with E-state index < -0.39 is 6.17 Å². The van der Waals surface area contributed by atoms with E-state index in [9.17, 15) is 5.11 Å². The predicted octanol–water partition coefficient (Wildman–Crippen LogP) is 5.77. The quantitative estimate of drug-likeness (QED) is 0.339. The Bertz CT molecular complexity index is 1100. The Labute approximate surface area is 211 Å². The van der Waals surface area contributed by atoms with E-state index in [1.807, 2.05) is 42.1 Å². The number of pyridine rings is 1. The van der Waals surface area contributed by atoms with Crippen molar-refractivity contribution in [2.24, 2.45) is 11.8 Å². The van der Waals surface area contributed by atoms with Crippen LogP contribution in [0.3, 0.4) is 0 Å². The first-order valence-electron chi connectivity index (χ1n) is 12.3. The van der Waals surface area contributed by atoms with Crippen molar-refractivity contribution in [1.29, 1.82) is 0 Å². The van der Waals surface area contributed by atoms with Crippen molar-refractivity contribution in [1.82, 2.24) is 9.88 Å². The van der Waals surface area contributed by atoms with Crippen LogP contribution in [0.25, 0.3) is 10.9 Å². The van der Waals surface area contributed by atoms with Crippen LogP contribution >= 0.6 is 11.8 Å². The molecule has 0 aliphatic carbocycles. The van der Waals surface area contributed by atoms with Gasteiger partial charge in [0.05, 0.1) is 19.7 Å². The molecule has 7 heteroatoms. The highest BCUT2D eigenvalue weighted by Crippen LogP contribution is 2.35. The molecule has 5 nitrogen and oxygen atoms in total. The van der Waals surface area contributed by atoms with Gasteiger partial charge in [0, 0.05) is 41.9 Å². The lowest BCUT2D eigenvalue weighted by atomic mass is 9.81. The molecule has 0 amide bonds. The number of halogens is 1. The Kier molecular flexibility index (Phi) is 9.24. The maximum Gasteiger partial charge on any atom is 0.126 e. The van der Waals surface area contributed by atoms with Gasteiger partial charge in [-0.3, -0.25) is 4.98 Å². The number of nitrogens with zero attached hydrogens (tertiary/aromatic N) is 2. The molecule has 4 rings (SSSR count). The molecule has 0 saturated carbocycles. The molecule has 35 heavy (non-hydrogen) atoms. The van der Waals surface area contributed by atoms with Gasteiger partial charge in [0.1, 0.15) is 17.7 Å². The van der Waals surface area contributed by atoms with E-state index in [1.165, 1.54) is 4.90 Å². The Morgan fingerprint density at radius 2 is 1.94 bits per heavy atom. The van der Waals surface area contributed by atoms with E-state index in [-0.39, 0.29) is 12.5 Å². The van der Waals surface area contributed by atoms with Gasteiger partial charge >= 0.3 is 0 Å². The van der Waals surface area contributed by atoms with E-state index in [0.29, 0.717) is 23.7 Å². The highest BCUT2D eigenvalue weighted by atomic mass is 32.2. The number of ether oxygens (including phenoxy) is 2. The number of methoxy groups -OCH3 is 2. The van der Waals surface area contributed by atoms with Gasteiger partial charge in [-0.2, -0.15) is 0 Å². The number of likely N-dealkylation sites (tertiary alicyclic amines) is 1. The SMILES string of the molecule is COc1cccc(SCCN2CC[C@@H](CC[C@H](F)c3ccnc4ccc(OC)cc34)[C@@H](CO)C2)c1. The van der Waals surface area contributed by atoms with Gasteiger partial charge in [-0.15, -0.1) is 11.8 Å². The number of hydrogen-bond acceptors (Lipinski definition) is 6. The van der Waals surface area contributed by atoms with Gasteiger partial charge in [0.2, 0.25) is 0 Å². The number of aliphatic hydroxyl groups excluding tert-OH is 1. The number of rotatable bonds is 11. The summed E-state index contributed by atoms with van der Waals surface area (Å²) in [5.41, 5.74) is 1.45. The monoisotopic (exact) mass is 498 g/mol. The number of benzene rings is 2. The molecule has 1 fully saturated rings. The normalized spacial score (nSPS) is 19.5. The molecule has 0 radical (unpaired) electrons. The molecule has 0 bridgehead atoms. The fourth-order valence-electron chi connectivity index (χ4n) is 4.99. The van der Waals surface area contributed by atoms with Crippen molar-refractivity contribution in [3.63, 3.8) is 0 Å². The first-order valence-corrected chi connectivity index (χ1v) is 13.3. The fraction of sp³-hybridized carbons (Fsp3) is 0.464. The topological polar surface area (TPSA) is 54.8 Å². The fourth-order valence-corrected chi connectivity index (χ4v) is 5.95. The molecule has 188 valence electrons. The minimum Gasteiger partial charge on any atom is -0.497 e. The molecular weight excluding hydrogens is 463 g/mol. The summed E-state index contributed by atoms with van der Waals surface area (Å²) in [5, 5.41) is 10.9.